The predicted molar refractivity (Wildman–Crippen MR) is 93.0 cm³/mol. The van der Waals surface area contributed by atoms with E-state index in [0.717, 1.165) is 11.8 Å². The number of carbonyl (C=O) groups excluding carboxylic acids is 1. The summed E-state index contributed by atoms with van der Waals surface area (Å²) in [6, 6.07) is 8.37. The first-order valence-corrected chi connectivity index (χ1v) is 8.36. The number of rotatable bonds is 6. The van der Waals surface area contributed by atoms with Gasteiger partial charge in [0.15, 0.2) is 17.1 Å². The summed E-state index contributed by atoms with van der Waals surface area (Å²) in [5.41, 5.74) is 1.28. The number of thioether (sulfide) groups is 1. The zero-order chi connectivity index (χ0) is 18.7. The number of aromatic hydroxyl groups is 2. The number of hydrogen-bond donors (Lipinski definition) is 3. The van der Waals surface area contributed by atoms with Crippen molar-refractivity contribution in [1.82, 2.24) is 10.3 Å². The minimum atomic E-state index is -0.524. The van der Waals surface area contributed by atoms with E-state index in [1.807, 2.05) is 0 Å². The lowest BCUT2D eigenvalue weighted by molar-refractivity contribution is -0.384. The lowest BCUT2D eigenvalue weighted by atomic mass is 10.2. The summed E-state index contributed by atoms with van der Waals surface area (Å²) >= 11 is 1.06. The number of carbonyl (C=O) groups is 1. The summed E-state index contributed by atoms with van der Waals surface area (Å²) in [4.78, 5) is 26.3. The van der Waals surface area contributed by atoms with Gasteiger partial charge in [-0.05, 0) is 23.8 Å². The van der Waals surface area contributed by atoms with Crippen molar-refractivity contribution in [3.63, 3.8) is 0 Å². The van der Waals surface area contributed by atoms with Crippen LogP contribution in [0.4, 0.5) is 5.69 Å². The van der Waals surface area contributed by atoms with Crippen molar-refractivity contribution in [3.05, 3.63) is 52.1 Å². The fourth-order valence-electron chi connectivity index (χ4n) is 2.13. The van der Waals surface area contributed by atoms with Crippen LogP contribution in [0, 0.1) is 10.1 Å². The maximum absolute atomic E-state index is 11.9. The largest absolute Gasteiger partial charge is 0.504 e. The zero-order valence-corrected chi connectivity index (χ0v) is 14.0. The minimum absolute atomic E-state index is 0.0407. The van der Waals surface area contributed by atoms with E-state index >= 15 is 0 Å². The highest BCUT2D eigenvalue weighted by Gasteiger charge is 2.13. The molecule has 26 heavy (non-hydrogen) atoms. The van der Waals surface area contributed by atoms with Crippen LogP contribution in [-0.4, -0.2) is 31.8 Å². The van der Waals surface area contributed by atoms with Crippen LogP contribution in [0.5, 0.6) is 11.5 Å². The standard InChI is InChI=1S/C16H13N3O6S/c20-12-4-1-9(5-13(12)21)7-17-15(22)8-26-16-18-11-3-2-10(19(23)24)6-14(11)25-16/h1-6,20-21H,7-8H2,(H,17,22). The highest BCUT2D eigenvalue weighted by molar-refractivity contribution is 7.99. The van der Waals surface area contributed by atoms with Gasteiger partial charge in [0.05, 0.1) is 16.7 Å². The number of phenolic OH excluding ortho intramolecular Hbond substituents is 2. The number of phenols is 2. The Hall–Kier alpha value is -3.27. The number of fused-ring (bicyclic) bond motifs is 1. The van der Waals surface area contributed by atoms with Crippen LogP contribution in [0.25, 0.3) is 11.1 Å². The van der Waals surface area contributed by atoms with E-state index < -0.39 is 4.92 Å². The van der Waals surface area contributed by atoms with Crippen molar-refractivity contribution in [2.24, 2.45) is 0 Å². The Morgan fingerprint density at radius 3 is 2.77 bits per heavy atom. The third kappa shape index (κ3) is 4.03. The number of oxazole rings is 1. The van der Waals surface area contributed by atoms with Gasteiger partial charge in [0.1, 0.15) is 5.52 Å². The smallest absolute Gasteiger partial charge is 0.273 e. The molecule has 3 rings (SSSR count). The molecular formula is C16H13N3O6S. The average Bonchev–Trinajstić information content (AvgIpc) is 3.03. The van der Waals surface area contributed by atoms with E-state index in [1.54, 1.807) is 6.07 Å². The van der Waals surface area contributed by atoms with Gasteiger partial charge < -0.3 is 19.9 Å². The number of aromatic nitrogens is 1. The van der Waals surface area contributed by atoms with Crippen LogP contribution in [-0.2, 0) is 11.3 Å². The van der Waals surface area contributed by atoms with E-state index in [2.05, 4.69) is 10.3 Å². The fraction of sp³-hybridized carbons (Fsp3) is 0.125. The molecule has 0 unspecified atom stereocenters. The lowest BCUT2D eigenvalue weighted by Gasteiger charge is -2.05. The monoisotopic (exact) mass is 375 g/mol. The molecule has 0 aliphatic rings. The van der Waals surface area contributed by atoms with E-state index in [0.29, 0.717) is 11.1 Å². The highest BCUT2D eigenvalue weighted by atomic mass is 32.2. The maximum atomic E-state index is 11.9. The van der Waals surface area contributed by atoms with Gasteiger partial charge in [0.25, 0.3) is 10.9 Å². The molecule has 1 amide bonds. The van der Waals surface area contributed by atoms with Crippen LogP contribution >= 0.6 is 11.8 Å². The molecule has 10 heteroatoms. The zero-order valence-electron chi connectivity index (χ0n) is 13.2. The summed E-state index contributed by atoms with van der Waals surface area (Å²) in [7, 11) is 0. The fourth-order valence-corrected chi connectivity index (χ4v) is 2.79. The molecule has 0 saturated carbocycles. The first-order chi connectivity index (χ1) is 12.4. The number of nitrogens with zero attached hydrogens (tertiary/aromatic N) is 2. The summed E-state index contributed by atoms with van der Waals surface area (Å²) in [6.07, 6.45) is 0. The third-order valence-electron chi connectivity index (χ3n) is 3.42. The topological polar surface area (TPSA) is 139 Å². The normalized spacial score (nSPS) is 10.8. The molecule has 0 bridgehead atoms. The van der Waals surface area contributed by atoms with Crippen molar-refractivity contribution in [1.29, 1.82) is 0 Å². The molecule has 1 aromatic heterocycles. The Bertz CT molecular complexity index is 987. The SMILES string of the molecule is O=C(CSc1nc2ccc([N+](=O)[O-])cc2o1)NCc1ccc(O)c(O)c1. The van der Waals surface area contributed by atoms with Gasteiger partial charge >= 0.3 is 0 Å². The molecular weight excluding hydrogens is 362 g/mol. The molecule has 2 aromatic carbocycles. The quantitative estimate of drug-likeness (QED) is 0.258. The molecule has 0 saturated heterocycles. The summed E-state index contributed by atoms with van der Waals surface area (Å²) in [5, 5.41) is 32.3. The van der Waals surface area contributed by atoms with Crippen LogP contribution in [0.1, 0.15) is 5.56 Å². The van der Waals surface area contributed by atoms with Gasteiger partial charge in [-0.2, -0.15) is 0 Å². The van der Waals surface area contributed by atoms with Crippen molar-refractivity contribution in [2.75, 3.05) is 5.75 Å². The molecule has 0 fully saturated rings. The Morgan fingerprint density at radius 1 is 1.23 bits per heavy atom. The van der Waals surface area contributed by atoms with Gasteiger partial charge in [-0.1, -0.05) is 17.8 Å². The second-order valence-electron chi connectivity index (χ2n) is 5.28. The molecule has 9 nitrogen and oxygen atoms in total. The van der Waals surface area contributed by atoms with Crippen LogP contribution < -0.4 is 5.32 Å². The number of nitrogens with one attached hydrogen (secondary N) is 1. The molecule has 134 valence electrons. The Balaban J connectivity index is 1.56. The van der Waals surface area contributed by atoms with E-state index in [4.69, 9.17) is 4.42 Å². The van der Waals surface area contributed by atoms with Crippen LogP contribution in [0.3, 0.4) is 0 Å². The lowest BCUT2D eigenvalue weighted by Crippen LogP contribution is -2.24. The Labute approximate surface area is 150 Å². The predicted octanol–water partition coefficient (Wildman–Crippen LogP) is 2.56. The molecule has 0 spiro atoms. The summed E-state index contributed by atoms with van der Waals surface area (Å²) < 4.78 is 5.41. The Kier molecular flexibility index (Phi) is 4.94. The molecule has 1 heterocycles. The third-order valence-corrected chi connectivity index (χ3v) is 4.25. The Morgan fingerprint density at radius 2 is 2.04 bits per heavy atom. The second kappa shape index (κ2) is 7.31. The first-order valence-electron chi connectivity index (χ1n) is 7.38. The molecule has 0 aliphatic heterocycles. The summed E-state index contributed by atoms with van der Waals surface area (Å²) in [5.74, 6) is -0.728. The van der Waals surface area contributed by atoms with Crippen molar-refractivity contribution in [3.8, 4) is 11.5 Å². The number of hydrogen-bond acceptors (Lipinski definition) is 8. The van der Waals surface area contributed by atoms with Gasteiger partial charge in [-0.15, -0.1) is 0 Å². The number of nitro benzene ring substituents is 1. The molecule has 3 N–H and O–H groups in total. The maximum Gasteiger partial charge on any atom is 0.273 e. The molecule has 0 aliphatic carbocycles. The average molecular weight is 375 g/mol. The van der Waals surface area contributed by atoms with Crippen molar-refractivity contribution >= 4 is 34.5 Å². The van der Waals surface area contributed by atoms with Crippen molar-refractivity contribution in [2.45, 2.75) is 11.8 Å². The minimum Gasteiger partial charge on any atom is -0.504 e. The second-order valence-corrected chi connectivity index (χ2v) is 6.20. The van der Waals surface area contributed by atoms with Gasteiger partial charge in [0, 0.05) is 12.6 Å². The van der Waals surface area contributed by atoms with E-state index in [-0.39, 0.29) is 46.2 Å². The van der Waals surface area contributed by atoms with Crippen LogP contribution in [0.2, 0.25) is 0 Å². The summed E-state index contributed by atoms with van der Waals surface area (Å²) in [6.45, 7) is 0.187. The first kappa shape index (κ1) is 17.5. The molecule has 0 atom stereocenters. The highest BCUT2D eigenvalue weighted by Crippen LogP contribution is 2.27. The van der Waals surface area contributed by atoms with E-state index in [9.17, 15) is 25.1 Å². The molecule has 3 aromatic rings. The van der Waals surface area contributed by atoms with Crippen LogP contribution in [0.15, 0.2) is 46.0 Å². The number of benzene rings is 2. The van der Waals surface area contributed by atoms with Crippen molar-refractivity contribution < 1.29 is 24.3 Å². The number of non-ortho nitro benzene ring substituents is 1. The van der Waals surface area contributed by atoms with E-state index in [1.165, 1.54) is 30.3 Å². The van der Waals surface area contributed by atoms with Gasteiger partial charge in [0.2, 0.25) is 5.91 Å². The van der Waals surface area contributed by atoms with Gasteiger partial charge in [-0.25, -0.2) is 4.98 Å². The van der Waals surface area contributed by atoms with Gasteiger partial charge in [-0.3, -0.25) is 14.9 Å². The number of amides is 1. The molecule has 0 radical (unpaired) electrons. The number of nitro groups is 1.